The lowest BCUT2D eigenvalue weighted by molar-refractivity contribution is 0.0699. The zero-order valence-corrected chi connectivity index (χ0v) is 11.5. The summed E-state index contributed by atoms with van der Waals surface area (Å²) >= 11 is 0. The van der Waals surface area contributed by atoms with Crippen molar-refractivity contribution in [3.05, 3.63) is 23.9 Å². The van der Waals surface area contributed by atoms with Crippen LogP contribution in [0.2, 0.25) is 0 Å². The van der Waals surface area contributed by atoms with Crippen molar-refractivity contribution in [3.63, 3.8) is 0 Å². The van der Waals surface area contributed by atoms with Gasteiger partial charge in [-0.1, -0.05) is 6.07 Å². The van der Waals surface area contributed by atoms with Gasteiger partial charge in [-0.2, -0.15) is 0 Å². The molecule has 104 valence electrons. The van der Waals surface area contributed by atoms with Crippen LogP contribution in [0.5, 0.6) is 0 Å². The Balaban J connectivity index is 1.50. The van der Waals surface area contributed by atoms with Crippen molar-refractivity contribution < 1.29 is 4.74 Å². The summed E-state index contributed by atoms with van der Waals surface area (Å²) in [6, 6.07) is 4.85. The van der Waals surface area contributed by atoms with Crippen molar-refractivity contribution in [1.82, 2.24) is 10.3 Å². The van der Waals surface area contributed by atoms with Gasteiger partial charge >= 0.3 is 0 Å². The third-order valence-corrected chi connectivity index (χ3v) is 3.99. The first-order valence-electron chi connectivity index (χ1n) is 7.43. The topological polar surface area (TPSA) is 37.4 Å². The summed E-state index contributed by atoms with van der Waals surface area (Å²) in [7, 11) is 0. The van der Waals surface area contributed by atoms with Gasteiger partial charge < -0.3 is 15.0 Å². The molecule has 2 aliphatic rings. The number of nitrogens with one attached hydrogen (secondary N) is 1. The Kier molecular flexibility index (Phi) is 4.30. The van der Waals surface area contributed by atoms with Crippen LogP contribution in [0, 0.1) is 0 Å². The smallest absolute Gasteiger partial charge is 0.128 e. The van der Waals surface area contributed by atoms with Crippen LogP contribution in [0.1, 0.15) is 31.2 Å². The molecule has 0 aliphatic carbocycles. The van der Waals surface area contributed by atoms with Crippen LogP contribution in [0.15, 0.2) is 18.3 Å². The number of aromatic nitrogens is 1. The highest BCUT2D eigenvalue weighted by molar-refractivity contribution is 5.40. The van der Waals surface area contributed by atoms with E-state index >= 15 is 0 Å². The first kappa shape index (κ1) is 12.9. The summed E-state index contributed by atoms with van der Waals surface area (Å²) in [6.45, 7) is 4.97. The van der Waals surface area contributed by atoms with E-state index in [1.165, 1.54) is 31.2 Å². The Bertz CT molecular complexity index is 381. The minimum atomic E-state index is 0.506. The predicted molar refractivity (Wildman–Crippen MR) is 76.4 cm³/mol. The Morgan fingerprint density at radius 1 is 1.26 bits per heavy atom. The van der Waals surface area contributed by atoms with Gasteiger partial charge in [0, 0.05) is 38.5 Å². The molecule has 4 nitrogen and oxygen atoms in total. The van der Waals surface area contributed by atoms with Crippen molar-refractivity contribution in [2.75, 3.05) is 31.2 Å². The number of nitrogens with zero attached hydrogens (tertiary/aromatic N) is 2. The van der Waals surface area contributed by atoms with E-state index in [0.717, 1.165) is 38.7 Å². The van der Waals surface area contributed by atoms with E-state index in [2.05, 4.69) is 27.3 Å². The molecule has 19 heavy (non-hydrogen) atoms. The molecule has 2 saturated heterocycles. The van der Waals surface area contributed by atoms with Crippen molar-refractivity contribution in [2.24, 2.45) is 0 Å². The number of ether oxygens (including phenoxy) is 1. The molecule has 2 fully saturated rings. The van der Waals surface area contributed by atoms with Gasteiger partial charge in [0.05, 0.1) is 6.61 Å². The summed E-state index contributed by atoms with van der Waals surface area (Å²) in [5.74, 6) is 1.13. The highest BCUT2D eigenvalue weighted by Crippen LogP contribution is 2.17. The normalized spacial score (nSPS) is 23.8. The van der Waals surface area contributed by atoms with Crippen LogP contribution in [-0.4, -0.2) is 37.3 Å². The monoisotopic (exact) mass is 261 g/mol. The molecule has 0 aromatic carbocycles. The van der Waals surface area contributed by atoms with Crippen molar-refractivity contribution >= 4 is 5.82 Å². The maximum Gasteiger partial charge on any atom is 0.128 e. The Labute approximate surface area is 115 Å². The van der Waals surface area contributed by atoms with Gasteiger partial charge in [-0.15, -0.1) is 0 Å². The SMILES string of the molecule is c1cc(N2CCCC2)ncc1CN[C@@H]1CCCOC1. The Hall–Kier alpha value is -1.13. The van der Waals surface area contributed by atoms with Crippen molar-refractivity contribution in [2.45, 2.75) is 38.3 Å². The fourth-order valence-corrected chi connectivity index (χ4v) is 2.82. The highest BCUT2D eigenvalue weighted by Gasteiger charge is 2.14. The average Bonchev–Trinajstić information content (AvgIpc) is 3.01. The lowest BCUT2D eigenvalue weighted by Gasteiger charge is -2.23. The average molecular weight is 261 g/mol. The van der Waals surface area contributed by atoms with Gasteiger partial charge in [0.25, 0.3) is 0 Å². The first-order chi connectivity index (χ1) is 9.42. The molecule has 1 atom stereocenters. The van der Waals surface area contributed by atoms with Crippen LogP contribution in [-0.2, 0) is 11.3 Å². The molecule has 2 aliphatic heterocycles. The fraction of sp³-hybridized carbons (Fsp3) is 0.667. The minimum absolute atomic E-state index is 0.506. The molecule has 4 heteroatoms. The van der Waals surface area contributed by atoms with Gasteiger partial charge in [-0.3, -0.25) is 0 Å². The largest absolute Gasteiger partial charge is 0.380 e. The van der Waals surface area contributed by atoms with Crippen LogP contribution in [0.25, 0.3) is 0 Å². The van der Waals surface area contributed by atoms with Gasteiger partial charge in [-0.05, 0) is 37.3 Å². The van der Waals surface area contributed by atoms with Gasteiger partial charge in [0.15, 0.2) is 0 Å². The van der Waals surface area contributed by atoms with Crippen molar-refractivity contribution in [3.8, 4) is 0 Å². The fourth-order valence-electron chi connectivity index (χ4n) is 2.82. The zero-order chi connectivity index (χ0) is 12.9. The molecule has 3 heterocycles. The predicted octanol–water partition coefficient (Wildman–Crippen LogP) is 1.95. The Morgan fingerprint density at radius 3 is 2.84 bits per heavy atom. The second-order valence-corrected chi connectivity index (χ2v) is 5.51. The molecule has 0 amide bonds. The maximum atomic E-state index is 5.47. The van der Waals surface area contributed by atoms with E-state index in [1.807, 2.05) is 6.20 Å². The van der Waals surface area contributed by atoms with E-state index in [0.29, 0.717) is 6.04 Å². The van der Waals surface area contributed by atoms with Crippen LogP contribution >= 0.6 is 0 Å². The van der Waals surface area contributed by atoms with Crippen molar-refractivity contribution in [1.29, 1.82) is 0 Å². The molecule has 0 bridgehead atoms. The van der Waals surface area contributed by atoms with Gasteiger partial charge in [0.1, 0.15) is 5.82 Å². The first-order valence-corrected chi connectivity index (χ1v) is 7.43. The van der Waals surface area contributed by atoms with Crippen LogP contribution < -0.4 is 10.2 Å². The van der Waals surface area contributed by atoms with Gasteiger partial charge in [0.2, 0.25) is 0 Å². The van der Waals surface area contributed by atoms with E-state index in [9.17, 15) is 0 Å². The summed E-state index contributed by atoms with van der Waals surface area (Å²) in [6.07, 6.45) is 6.99. The third-order valence-electron chi connectivity index (χ3n) is 3.99. The molecule has 0 spiro atoms. The minimum Gasteiger partial charge on any atom is -0.380 e. The number of rotatable bonds is 4. The highest BCUT2D eigenvalue weighted by atomic mass is 16.5. The van der Waals surface area contributed by atoms with E-state index in [-0.39, 0.29) is 0 Å². The molecule has 0 saturated carbocycles. The van der Waals surface area contributed by atoms with E-state index in [4.69, 9.17) is 4.74 Å². The Morgan fingerprint density at radius 2 is 2.16 bits per heavy atom. The standard InChI is InChI=1S/C15H23N3O/c1-2-8-18(7-1)15-6-5-13(11-17-15)10-16-14-4-3-9-19-12-14/h5-6,11,14,16H,1-4,7-10,12H2/t14-/m1/s1. The number of anilines is 1. The van der Waals surface area contributed by atoms with E-state index in [1.54, 1.807) is 0 Å². The second kappa shape index (κ2) is 6.35. The molecule has 1 N–H and O–H groups in total. The molecular weight excluding hydrogens is 238 g/mol. The maximum absolute atomic E-state index is 5.47. The molecule has 3 rings (SSSR count). The summed E-state index contributed by atoms with van der Waals surface area (Å²) in [5, 5.41) is 3.55. The lowest BCUT2D eigenvalue weighted by Crippen LogP contribution is -2.36. The van der Waals surface area contributed by atoms with Gasteiger partial charge in [-0.25, -0.2) is 4.98 Å². The van der Waals surface area contributed by atoms with Crippen LogP contribution in [0.3, 0.4) is 0 Å². The molecule has 0 unspecified atom stereocenters. The second-order valence-electron chi connectivity index (χ2n) is 5.51. The third kappa shape index (κ3) is 3.45. The van der Waals surface area contributed by atoms with E-state index < -0.39 is 0 Å². The number of pyridine rings is 1. The lowest BCUT2D eigenvalue weighted by atomic mass is 10.1. The summed E-state index contributed by atoms with van der Waals surface area (Å²) in [5.41, 5.74) is 1.26. The molecule has 0 radical (unpaired) electrons. The molecule has 1 aromatic rings. The molecule has 1 aromatic heterocycles. The summed E-state index contributed by atoms with van der Waals surface area (Å²) < 4.78 is 5.47. The molecular formula is C15H23N3O. The summed E-state index contributed by atoms with van der Waals surface area (Å²) in [4.78, 5) is 6.95. The number of hydrogen-bond acceptors (Lipinski definition) is 4. The zero-order valence-electron chi connectivity index (χ0n) is 11.5. The quantitative estimate of drug-likeness (QED) is 0.899. The number of hydrogen-bond donors (Lipinski definition) is 1. The van der Waals surface area contributed by atoms with Crippen LogP contribution in [0.4, 0.5) is 5.82 Å².